The van der Waals surface area contributed by atoms with E-state index in [1.807, 2.05) is 6.07 Å². The fraction of sp³-hybridized carbons (Fsp3) is 0.571. The van der Waals surface area contributed by atoms with Gasteiger partial charge in [0.05, 0.1) is 0 Å². The third-order valence-electron chi connectivity index (χ3n) is 3.69. The molecule has 94 valence electrons. The summed E-state index contributed by atoms with van der Waals surface area (Å²) in [5, 5.41) is 0.578. The minimum Gasteiger partial charge on any atom is -0.371 e. The predicted octanol–water partition coefficient (Wildman–Crippen LogP) is 4.35. The molecular formula is C14H19BrFN. The number of hydrogen-bond donors (Lipinski definition) is 0. The first kappa shape index (κ1) is 12.9. The van der Waals surface area contributed by atoms with Gasteiger partial charge in [0.15, 0.2) is 0 Å². The van der Waals surface area contributed by atoms with Crippen molar-refractivity contribution in [1.82, 2.24) is 0 Å². The average molecular weight is 300 g/mol. The van der Waals surface area contributed by atoms with Crippen molar-refractivity contribution in [2.45, 2.75) is 32.0 Å². The molecule has 0 atom stereocenters. The summed E-state index contributed by atoms with van der Waals surface area (Å²) in [6.07, 6.45) is 2.34. The highest BCUT2D eigenvalue weighted by Crippen LogP contribution is 2.34. The van der Waals surface area contributed by atoms with Gasteiger partial charge in [-0.1, -0.05) is 35.8 Å². The zero-order valence-corrected chi connectivity index (χ0v) is 12.1. The molecule has 0 saturated carbocycles. The van der Waals surface area contributed by atoms with E-state index < -0.39 is 0 Å². The summed E-state index contributed by atoms with van der Waals surface area (Å²) in [5.41, 5.74) is 2.27. The van der Waals surface area contributed by atoms with Crippen molar-refractivity contribution in [2.75, 3.05) is 18.0 Å². The fourth-order valence-corrected chi connectivity index (χ4v) is 2.88. The highest BCUT2D eigenvalue weighted by Gasteiger charge is 2.26. The smallest absolute Gasteiger partial charge is 0.129 e. The Bertz CT molecular complexity index is 393. The first-order valence-corrected chi connectivity index (χ1v) is 7.24. The summed E-state index contributed by atoms with van der Waals surface area (Å²) in [7, 11) is 0. The quantitative estimate of drug-likeness (QED) is 0.734. The summed E-state index contributed by atoms with van der Waals surface area (Å²) >= 11 is 3.38. The molecule has 0 bridgehead atoms. The van der Waals surface area contributed by atoms with Gasteiger partial charge >= 0.3 is 0 Å². The summed E-state index contributed by atoms with van der Waals surface area (Å²) in [6.45, 7) is 6.66. The number of hydrogen-bond acceptors (Lipinski definition) is 1. The van der Waals surface area contributed by atoms with Gasteiger partial charge in [0.1, 0.15) is 5.82 Å². The standard InChI is InChI=1S/C14H19BrFN/c1-14(2)6-8-17(9-7-14)13-5-3-4-12(16)11(13)10-15/h3-5H,6-10H2,1-2H3. The summed E-state index contributed by atoms with van der Waals surface area (Å²) in [4.78, 5) is 2.31. The molecule has 0 aliphatic carbocycles. The number of piperidine rings is 1. The second-order valence-electron chi connectivity index (χ2n) is 5.52. The zero-order valence-electron chi connectivity index (χ0n) is 10.5. The van der Waals surface area contributed by atoms with Crippen LogP contribution >= 0.6 is 15.9 Å². The molecule has 0 radical (unpaired) electrons. The summed E-state index contributed by atoms with van der Waals surface area (Å²) in [5.74, 6) is -0.107. The molecule has 1 aromatic carbocycles. The Morgan fingerprint density at radius 3 is 2.53 bits per heavy atom. The van der Waals surface area contributed by atoms with Crippen molar-refractivity contribution in [3.63, 3.8) is 0 Å². The zero-order chi connectivity index (χ0) is 12.5. The predicted molar refractivity (Wildman–Crippen MR) is 74.3 cm³/mol. The van der Waals surface area contributed by atoms with Crippen molar-refractivity contribution in [3.8, 4) is 0 Å². The van der Waals surface area contributed by atoms with Gasteiger partial charge in [0, 0.05) is 29.7 Å². The lowest BCUT2D eigenvalue weighted by Gasteiger charge is -2.39. The highest BCUT2D eigenvalue weighted by molar-refractivity contribution is 9.08. The van der Waals surface area contributed by atoms with Crippen LogP contribution < -0.4 is 4.90 Å². The van der Waals surface area contributed by atoms with Crippen LogP contribution in [0.15, 0.2) is 18.2 Å². The Morgan fingerprint density at radius 2 is 1.94 bits per heavy atom. The number of rotatable bonds is 2. The Hall–Kier alpha value is -0.570. The van der Waals surface area contributed by atoms with Gasteiger partial charge < -0.3 is 4.90 Å². The van der Waals surface area contributed by atoms with E-state index in [2.05, 4.69) is 34.7 Å². The van der Waals surface area contributed by atoms with Crippen LogP contribution in [0.3, 0.4) is 0 Å². The van der Waals surface area contributed by atoms with Gasteiger partial charge in [-0.3, -0.25) is 0 Å². The van der Waals surface area contributed by atoms with Crippen LogP contribution in [0.1, 0.15) is 32.3 Å². The number of anilines is 1. The fourth-order valence-electron chi connectivity index (χ4n) is 2.33. The van der Waals surface area contributed by atoms with Crippen LogP contribution in [0.2, 0.25) is 0 Å². The van der Waals surface area contributed by atoms with Crippen LogP contribution in [-0.2, 0) is 5.33 Å². The highest BCUT2D eigenvalue weighted by atomic mass is 79.9. The van der Waals surface area contributed by atoms with E-state index >= 15 is 0 Å². The normalized spacial score (nSPS) is 19.4. The minimum atomic E-state index is -0.107. The topological polar surface area (TPSA) is 3.24 Å². The van der Waals surface area contributed by atoms with Gasteiger partial charge in [-0.05, 0) is 30.4 Å². The van der Waals surface area contributed by atoms with E-state index in [1.165, 1.54) is 18.9 Å². The number of alkyl halides is 1. The van der Waals surface area contributed by atoms with Crippen LogP contribution in [0.5, 0.6) is 0 Å². The number of nitrogens with zero attached hydrogens (tertiary/aromatic N) is 1. The van der Waals surface area contributed by atoms with Crippen molar-refractivity contribution >= 4 is 21.6 Å². The lowest BCUT2D eigenvalue weighted by atomic mass is 9.82. The van der Waals surface area contributed by atoms with E-state index in [1.54, 1.807) is 6.07 Å². The van der Waals surface area contributed by atoms with Gasteiger partial charge in [-0.15, -0.1) is 0 Å². The average Bonchev–Trinajstić information content (AvgIpc) is 2.29. The Labute approximate surface area is 111 Å². The Kier molecular flexibility index (Phi) is 3.76. The van der Waals surface area contributed by atoms with Gasteiger partial charge in [0.2, 0.25) is 0 Å². The molecule has 0 N–H and O–H groups in total. The maximum absolute atomic E-state index is 13.7. The molecule has 1 fully saturated rings. The van der Waals surface area contributed by atoms with Crippen molar-refractivity contribution in [3.05, 3.63) is 29.6 Å². The van der Waals surface area contributed by atoms with Gasteiger partial charge in [0.25, 0.3) is 0 Å². The third kappa shape index (κ3) is 2.82. The van der Waals surface area contributed by atoms with E-state index in [0.29, 0.717) is 10.7 Å². The molecule has 17 heavy (non-hydrogen) atoms. The molecule has 0 spiro atoms. The van der Waals surface area contributed by atoms with Crippen LogP contribution in [0.4, 0.5) is 10.1 Å². The number of halogens is 2. The molecule has 0 amide bonds. The molecule has 1 heterocycles. The van der Waals surface area contributed by atoms with Gasteiger partial charge in [-0.25, -0.2) is 4.39 Å². The van der Waals surface area contributed by atoms with E-state index in [9.17, 15) is 4.39 Å². The second-order valence-corrected chi connectivity index (χ2v) is 6.08. The van der Waals surface area contributed by atoms with E-state index in [-0.39, 0.29) is 5.82 Å². The first-order chi connectivity index (χ1) is 8.03. The van der Waals surface area contributed by atoms with Crippen molar-refractivity contribution < 1.29 is 4.39 Å². The lowest BCUT2D eigenvalue weighted by molar-refractivity contribution is 0.279. The summed E-state index contributed by atoms with van der Waals surface area (Å²) < 4.78 is 13.7. The molecule has 2 rings (SSSR count). The second kappa shape index (κ2) is 4.97. The van der Waals surface area contributed by atoms with Crippen LogP contribution in [-0.4, -0.2) is 13.1 Å². The molecule has 3 heteroatoms. The molecule has 1 aliphatic rings. The van der Waals surface area contributed by atoms with Crippen LogP contribution in [0.25, 0.3) is 0 Å². The van der Waals surface area contributed by atoms with E-state index in [0.717, 1.165) is 24.3 Å². The monoisotopic (exact) mass is 299 g/mol. The molecular weight excluding hydrogens is 281 g/mol. The molecule has 0 aromatic heterocycles. The molecule has 0 unspecified atom stereocenters. The van der Waals surface area contributed by atoms with Gasteiger partial charge in [-0.2, -0.15) is 0 Å². The first-order valence-electron chi connectivity index (χ1n) is 6.12. The molecule has 1 nitrogen and oxygen atoms in total. The maximum atomic E-state index is 13.7. The van der Waals surface area contributed by atoms with Crippen LogP contribution in [0, 0.1) is 11.2 Å². The third-order valence-corrected chi connectivity index (χ3v) is 4.25. The lowest BCUT2D eigenvalue weighted by Crippen LogP contribution is -2.37. The summed E-state index contributed by atoms with van der Waals surface area (Å²) in [6, 6.07) is 5.36. The Morgan fingerprint density at radius 1 is 1.29 bits per heavy atom. The SMILES string of the molecule is CC1(C)CCN(c2cccc(F)c2CBr)CC1. The van der Waals surface area contributed by atoms with E-state index in [4.69, 9.17) is 0 Å². The largest absolute Gasteiger partial charge is 0.371 e. The molecule has 1 aliphatic heterocycles. The van der Waals surface area contributed by atoms with Crippen molar-refractivity contribution in [2.24, 2.45) is 5.41 Å². The number of benzene rings is 1. The Balaban J connectivity index is 2.21. The minimum absolute atomic E-state index is 0.107. The molecule has 1 aromatic rings. The van der Waals surface area contributed by atoms with Crippen molar-refractivity contribution in [1.29, 1.82) is 0 Å². The maximum Gasteiger partial charge on any atom is 0.129 e. The molecule has 1 saturated heterocycles.